The Labute approximate surface area is 132 Å². The van der Waals surface area contributed by atoms with Crippen molar-refractivity contribution in [3.05, 3.63) is 39.7 Å². The number of allylic oxidation sites excluding steroid dienone is 5. The van der Waals surface area contributed by atoms with Gasteiger partial charge in [-0.15, -0.1) is 4.91 Å². The van der Waals surface area contributed by atoms with E-state index < -0.39 is 5.91 Å². The molecule has 0 N–H and O–H groups in total. The van der Waals surface area contributed by atoms with E-state index in [0.717, 1.165) is 17.0 Å². The zero-order valence-electron chi connectivity index (χ0n) is 14.6. The number of carbonyl (C=O) groups excluding carboxylic acids is 1. The maximum atomic E-state index is 11.2. The highest BCUT2D eigenvalue weighted by Crippen LogP contribution is 2.12. The molecule has 0 atom stereocenters. The molecule has 0 saturated carbocycles. The Bertz CT molecular complexity index is 538. The molecule has 122 valence electrons. The summed E-state index contributed by atoms with van der Waals surface area (Å²) in [4.78, 5) is 25.9. The summed E-state index contributed by atoms with van der Waals surface area (Å²) in [6.45, 7) is 13.7. The molecule has 5 nitrogen and oxygen atoms in total. The molecule has 0 aromatic heterocycles. The average Bonchev–Trinajstić information content (AvgIpc) is 2.48. The fourth-order valence-corrected chi connectivity index (χ4v) is 1.58. The van der Waals surface area contributed by atoms with Crippen LogP contribution in [0.3, 0.4) is 0 Å². The number of hydrogen-bond donors (Lipinski definition) is 0. The van der Waals surface area contributed by atoms with Gasteiger partial charge in [-0.05, 0) is 52.2 Å². The molecule has 0 unspecified atom stereocenters. The molecule has 0 radical (unpaired) electrons. The van der Waals surface area contributed by atoms with Crippen molar-refractivity contribution < 1.29 is 9.53 Å². The normalized spacial score (nSPS) is 14.8. The quantitative estimate of drug-likeness (QED) is 0.228. The summed E-state index contributed by atoms with van der Waals surface area (Å²) in [6.07, 6.45) is 3.83. The maximum Gasteiger partial charge on any atom is 0.314 e. The zero-order chi connectivity index (χ0) is 17.3. The Kier molecular flexibility index (Phi) is 8.91. The van der Waals surface area contributed by atoms with Gasteiger partial charge in [-0.3, -0.25) is 9.79 Å². The lowest BCUT2D eigenvalue weighted by atomic mass is 10.1. The fraction of sp³-hybridized carbons (Fsp3) is 0.529. The van der Waals surface area contributed by atoms with Gasteiger partial charge in [0.05, 0.1) is 12.4 Å². The highest BCUT2D eigenvalue weighted by atomic mass is 16.5. The fourth-order valence-electron chi connectivity index (χ4n) is 1.58. The highest BCUT2D eigenvalue weighted by Gasteiger charge is 2.08. The monoisotopic (exact) mass is 306 g/mol. The largest absolute Gasteiger partial charge is 0.498 e. The Hall–Kier alpha value is -2.04. The van der Waals surface area contributed by atoms with Crippen molar-refractivity contribution in [3.8, 4) is 0 Å². The SMILES string of the molecule is C/C=C(\C=C(/C)OCC(C)C)C(/C)=N/C(C)=C(\C)C(=O)N=O. The first-order chi connectivity index (χ1) is 10.2. The third-order valence-corrected chi connectivity index (χ3v) is 3.01. The van der Waals surface area contributed by atoms with Crippen LogP contribution in [0.1, 0.15) is 48.5 Å². The van der Waals surface area contributed by atoms with E-state index >= 15 is 0 Å². The van der Waals surface area contributed by atoms with Gasteiger partial charge in [-0.2, -0.15) is 0 Å². The van der Waals surface area contributed by atoms with Crippen molar-refractivity contribution in [2.24, 2.45) is 16.1 Å². The van der Waals surface area contributed by atoms with E-state index in [1.54, 1.807) is 6.92 Å². The summed E-state index contributed by atoms with van der Waals surface area (Å²) >= 11 is 0. The molecule has 0 aromatic carbocycles. The van der Waals surface area contributed by atoms with Crippen LogP contribution in [0.2, 0.25) is 0 Å². The summed E-state index contributed by atoms with van der Waals surface area (Å²) in [5, 5.41) is 2.41. The van der Waals surface area contributed by atoms with Crippen molar-refractivity contribution in [1.29, 1.82) is 0 Å². The second-order valence-electron chi connectivity index (χ2n) is 5.51. The van der Waals surface area contributed by atoms with Gasteiger partial charge < -0.3 is 4.74 Å². The standard InChI is InChI=1S/C17H26N2O3/c1-8-16(9-12(4)22-10-11(2)3)15(7)18-14(6)13(5)17(20)19-21/h8-9,11H,10H2,1-7H3/b12-9+,14-13+,16-8+,18-15+. The third kappa shape index (κ3) is 7.11. The van der Waals surface area contributed by atoms with Crippen LogP contribution in [0.4, 0.5) is 0 Å². The lowest BCUT2D eigenvalue weighted by Gasteiger charge is -2.10. The van der Waals surface area contributed by atoms with Crippen LogP contribution < -0.4 is 0 Å². The maximum absolute atomic E-state index is 11.2. The summed E-state index contributed by atoms with van der Waals surface area (Å²) in [5.41, 5.74) is 2.38. The first-order valence-corrected chi connectivity index (χ1v) is 7.31. The van der Waals surface area contributed by atoms with Crippen LogP contribution in [0.25, 0.3) is 0 Å². The van der Waals surface area contributed by atoms with E-state index in [-0.39, 0.29) is 5.57 Å². The number of ether oxygens (including phenoxy) is 1. The van der Waals surface area contributed by atoms with E-state index in [0.29, 0.717) is 18.2 Å². The molecular weight excluding hydrogens is 280 g/mol. The average molecular weight is 306 g/mol. The lowest BCUT2D eigenvalue weighted by Crippen LogP contribution is -2.03. The van der Waals surface area contributed by atoms with Crippen molar-refractivity contribution in [2.75, 3.05) is 6.61 Å². The predicted molar refractivity (Wildman–Crippen MR) is 90.6 cm³/mol. The Morgan fingerprint density at radius 2 is 1.77 bits per heavy atom. The molecule has 0 aliphatic rings. The Morgan fingerprint density at radius 1 is 1.18 bits per heavy atom. The number of amides is 1. The molecule has 0 bridgehead atoms. The van der Waals surface area contributed by atoms with Gasteiger partial charge in [0.25, 0.3) is 0 Å². The van der Waals surface area contributed by atoms with Crippen LogP contribution in [-0.4, -0.2) is 18.2 Å². The minimum atomic E-state index is -0.789. The molecule has 5 heteroatoms. The van der Waals surface area contributed by atoms with Gasteiger partial charge in [-0.25, -0.2) is 0 Å². The first-order valence-electron chi connectivity index (χ1n) is 7.31. The number of carbonyl (C=O) groups is 1. The van der Waals surface area contributed by atoms with Crippen molar-refractivity contribution in [3.63, 3.8) is 0 Å². The molecule has 1 amide bonds. The summed E-state index contributed by atoms with van der Waals surface area (Å²) in [6, 6.07) is 0. The number of aliphatic imine (C=N–C) groups is 1. The molecule has 0 heterocycles. The zero-order valence-corrected chi connectivity index (χ0v) is 14.6. The van der Waals surface area contributed by atoms with Gasteiger partial charge in [0.2, 0.25) is 0 Å². The van der Waals surface area contributed by atoms with Crippen LogP contribution in [0.15, 0.2) is 44.9 Å². The molecule has 0 rings (SSSR count). The van der Waals surface area contributed by atoms with Crippen LogP contribution in [0.5, 0.6) is 0 Å². The summed E-state index contributed by atoms with van der Waals surface area (Å²) in [5.74, 6) is 0.477. The van der Waals surface area contributed by atoms with Gasteiger partial charge in [0.15, 0.2) is 0 Å². The van der Waals surface area contributed by atoms with Crippen LogP contribution in [0, 0.1) is 10.8 Å². The number of rotatable bonds is 7. The number of nitroso groups, excluding NO2 is 1. The molecule has 0 spiro atoms. The van der Waals surface area contributed by atoms with Crippen LogP contribution >= 0.6 is 0 Å². The van der Waals surface area contributed by atoms with E-state index in [2.05, 4.69) is 24.0 Å². The molecule has 0 aliphatic heterocycles. The van der Waals surface area contributed by atoms with E-state index in [1.165, 1.54) is 6.92 Å². The van der Waals surface area contributed by atoms with E-state index in [4.69, 9.17) is 4.74 Å². The summed E-state index contributed by atoms with van der Waals surface area (Å²) in [7, 11) is 0. The van der Waals surface area contributed by atoms with Gasteiger partial charge in [0.1, 0.15) is 0 Å². The first kappa shape index (κ1) is 20.0. The minimum Gasteiger partial charge on any atom is -0.498 e. The van der Waals surface area contributed by atoms with Gasteiger partial charge in [-0.1, -0.05) is 19.9 Å². The Balaban J connectivity index is 5.26. The second kappa shape index (κ2) is 9.82. The lowest BCUT2D eigenvalue weighted by molar-refractivity contribution is -0.114. The topological polar surface area (TPSA) is 68.1 Å². The third-order valence-electron chi connectivity index (χ3n) is 3.01. The van der Waals surface area contributed by atoms with Gasteiger partial charge >= 0.3 is 5.91 Å². The highest BCUT2D eigenvalue weighted by molar-refractivity contribution is 6.02. The molecule has 0 aromatic rings. The van der Waals surface area contributed by atoms with Crippen molar-refractivity contribution in [1.82, 2.24) is 0 Å². The number of hydrogen-bond acceptors (Lipinski definition) is 4. The van der Waals surface area contributed by atoms with Crippen molar-refractivity contribution in [2.45, 2.75) is 48.5 Å². The molecule has 0 saturated heterocycles. The van der Waals surface area contributed by atoms with Crippen LogP contribution in [-0.2, 0) is 9.53 Å². The predicted octanol–water partition coefficient (Wildman–Crippen LogP) is 4.56. The van der Waals surface area contributed by atoms with E-state index in [9.17, 15) is 9.70 Å². The molecule has 22 heavy (non-hydrogen) atoms. The summed E-state index contributed by atoms with van der Waals surface area (Å²) < 4.78 is 5.64. The molecular formula is C17H26N2O3. The van der Waals surface area contributed by atoms with Gasteiger partial charge in [0, 0.05) is 22.2 Å². The Morgan fingerprint density at radius 3 is 2.23 bits per heavy atom. The van der Waals surface area contributed by atoms with E-state index in [1.807, 2.05) is 32.9 Å². The molecule has 0 fully saturated rings. The molecule has 0 aliphatic carbocycles. The number of nitrogens with zero attached hydrogens (tertiary/aromatic N) is 2. The smallest absolute Gasteiger partial charge is 0.314 e. The van der Waals surface area contributed by atoms with Crippen molar-refractivity contribution >= 4 is 11.6 Å². The minimum absolute atomic E-state index is 0.251. The second-order valence-corrected chi connectivity index (χ2v) is 5.51.